The molecule has 1 heterocycles. The fourth-order valence-electron chi connectivity index (χ4n) is 2.91. The number of rotatable bonds is 8. The number of ether oxygens (including phenoxy) is 1. The number of aromatic nitrogens is 3. The lowest BCUT2D eigenvalue weighted by Crippen LogP contribution is -2.15. The van der Waals surface area contributed by atoms with Gasteiger partial charge in [0.1, 0.15) is 11.6 Å². The van der Waals surface area contributed by atoms with E-state index in [4.69, 9.17) is 4.74 Å². The van der Waals surface area contributed by atoms with Gasteiger partial charge < -0.3 is 14.6 Å². The number of carbonyl (C=O) groups is 1. The van der Waals surface area contributed by atoms with E-state index in [0.717, 1.165) is 17.7 Å². The molecule has 1 aromatic heterocycles. The van der Waals surface area contributed by atoms with Gasteiger partial charge in [0.15, 0.2) is 17.1 Å². The Balaban J connectivity index is 1.59. The molecule has 3 rings (SSSR count). The quantitative estimate of drug-likeness (QED) is 0.527. The average molecular weight is 429 g/mol. The van der Waals surface area contributed by atoms with Crippen LogP contribution in [-0.4, -0.2) is 26.4 Å². The third kappa shape index (κ3) is 5.38. The van der Waals surface area contributed by atoms with Crippen molar-refractivity contribution in [1.82, 2.24) is 14.8 Å². The molecule has 2 aromatic carbocycles. The number of nitrogens with one attached hydrogen (secondary N) is 1. The van der Waals surface area contributed by atoms with Crippen LogP contribution >= 0.6 is 11.8 Å². The van der Waals surface area contributed by atoms with Gasteiger partial charge >= 0.3 is 0 Å². The first-order chi connectivity index (χ1) is 14.4. The van der Waals surface area contributed by atoms with Crippen molar-refractivity contribution in [1.29, 1.82) is 0 Å². The minimum absolute atomic E-state index is 0.135. The van der Waals surface area contributed by atoms with Gasteiger partial charge in [0, 0.05) is 12.7 Å². The Morgan fingerprint density at radius 1 is 1.23 bits per heavy atom. The first-order valence-electron chi connectivity index (χ1n) is 9.71. The van der Waals surface area contributed by atoms with Gasteiger partial charge in [0.25, 0.3) is 0 Å². The Labute approximate surface area is 179 Å². The van der Waals surface area contributed by atoms with Crippen molar-refractivity contribution >= 4 is 23.4 Å². The van der Waals surface area contributed by atoms with E-state index in [1.165, 1.54) is 29.5 Å². The molecule has 0 fully saturated rings. The van der Waals surface area contributed by atoms with Crippen LogP contribution in [0.2, 0.25) is 0 Å². The van der Waals surface area contributed by atoms with E-state index in [2.05, 4.69) is 22.4 Å². The van der Waals surface area contributed by atoms with Crippen LogP contribution in [0.5, 0.6) is 5.75 Å². The normalized spacial score (nSPS) is 11.9. The highest BCUT2D eigenvalue weighted by atomic mass is 32.2. The molecule has 0 aliphatic rings. The van der Waals surface area contributed by atoms with Gasteiger partial charge in [-0.15, -0.1) is 10.2 Å². The molecule has 8 heteroatoms. The molecule has 0 saturated heterocycles. The summed E-state index contributed by atoms with van der Waals surface area (Å²) in [6.45, 7) is 5.83. The zero-order valence-corrected chi connectivity index (χ0v) is 18.3. The Morgan fingerprint density at radius 2 is 1.97 bits per heavy atom. The molecule has 0 radical (unpaired) electrons. The summed E-state index contributed by atoms with van der Waals surface area (Å²) in [7, 11) is 1.84. The predicted molar refractivity (Wildman–Crippen MR) is 116 cm³/mol. The highest BCUT2D eigenvalue weighted by Crippen LogP contribution is 2.24. The van der Waals surface area contributed by atoms with Crippen LogP contribution in [0.15, 0.2) is 47.6 Å². The van der Waals surface area contributed by atoms with Crippen molar-refractivity contribution < 1.29 is 13.9 Å². The molecule has 3 aromatic rings. The fraction of sp³-hybridized carbons (Fsp3) is 0.318. The third-order valence-corrected chi connectivity index (χ3v) is 5.70. The molecule has 6 nitrogen and oxygen atoms in total. The lowest BCUT2D eigenvalue weighted by atomic mass is 10.2. The monoisotopic (exact) mass is 428 g/mol. The molecular formula is C22H25FN4O2S. The maximum atomic E-state index is 13.4. The Bertz CT molecular complexity index is 1020. The second kappa shape index (κ2) is 9.75. The van der Waals surface area contributed by atoms with Crippen molar-refractivity contribution in [2.45, 2.75) is 38.5 Å². The Kier molecular flexibility index (Phi) is 7.10. The standard InChI is InChI=1S/C22H25FN4O2S/c1-5-16-7-10-18(11-8-16)29-15(3)21-25-26-22(27(21)4)30-13-20(28)24-19-12-17(23)9-6-14(19)2/h6-12,15H,5,13H2,1-4H3,(H,24,28)/t15-/m1/s1. The number of halogens is 1. The first-order valence-corrected chi connectivity index (χ1v) is 10.7. The lowest BCUT2D eigenvalue weighted by Gasteiger charge is -2.14. The Hall–Kier alpha value is -2.87. The number of hydrogen-bond donors (Lipinski definition) is 1. The van der Waals surface area contributed by atoms with E-state index in [9.17, 15) is 9.18 Å². The van der Waals surface area contributed by atoms with Crippen molar-refractivity contribution in [2.75, 3.05) is 11.1 Å². The van der Waals surface area contributed by atoms with Crippen LogP contribution in [-0.2, 0) is 18.3 Å². The van der Waals surface area contributed by atoms with Gasteiger partial charge in [-0.3, -0.25) is 4.79 Å². The summed E-state index contributed by atoms with van der Waals surface area (Å²) in [6.07, 6.45) is 0.680. The van der Waals surface area contributed by atoms with Crippen LogP contribution in [0.3, 0.4) is 0 Å². The summed E-state index contributed by atoms with van der Waals surface area (Å²) in [6, 6.07) is 12.3. The molecular weight excluding hydrogens is 403 g/mol. The topological polar surface area (TPSA) is 69.0 Å². The predicted octanol–water partition coefficient (Wildman–Crippen LogP) is 4.70. The molecule has 1 N–H and O–H groups in total. The second-order valence-electron chi connectivity index (χ2n) is 6.95. The highest BCUT2D eigenvalue weighted by molar-refractivity contribution is 7.99. The van der Waals surface area contributed by atoms with E-state index in [1.807, 2.05) is 49.7 Å². The molecule has 30 heavy (non-hydrogen) atoms. The summed E-state index contributed by atoms with van der Waals surface area (Å²) in [5.74, 6) is 0.939. The summed E-state index contributed by atoms with van der Waals surface area (Å²) in [5, 5.41) is 11.7. The molecule has 0 saturated carbocycles. The number of anilines is 1. The molecule has 0 aliphatic carbocycles. The number of aryl methyl sites for hydroxylation is 2. The molecule has 0 spiro atoms. The number of amides is 1. The third-order valence-electron chi connectivity index (χ3n) is 4.68. The van der Waals surface area contributed by atoms with E-state index < -0.39 is 0 Å². The van der Waals surface area contributed by atoms with Crippen LogP contribution in [0, 0.1) is 12.7 Å². The number of benzene rings is 2. The van der Waals surface area contributed by atoms with Gasteiger partial charge in [-0.1, -0.05) is 36.9 Å². The maximum Gasteiger partial charge on any atom is 0.234 e. The zero-order valence-electron chi connectivity index (χ0n) is 17.5. The van der Waals surface area contributed by atoms with E-state index in [0.29, 0.717) is 16.7 Å². The number of carbonyl (C=O) groups excluding carboxylic acids is 1. The Morgan fingerprint density at radius 3 is 2.67 bits per heavy atom. The maximum absolute atomic E-state index is 13.4. The molecule has 0 bridgehead atoms. The first kappa shape index (κ1) is 21.8. The minimum atomic E-state index is -0.389. The second-order valence-corrected chi connectivity index (χ2v) is 7.90. The number of thioether (sulfide) groups is 1. The average Bonchev–Trinajstić information content (AvgIpc) is 3.10. The fourth-order valence-corrected chi connectivity index (χ4v) is 3.63. The smallest absolute Gasteiger partial charge is 0.234 e. The van der Waals surface area contributed by atoms with Gasteiger partial charge in [-0.2, -0.15) is 0 Å². The number of hydrogen-bond acceptors (Lipinski definition) is 5. The lowest BCUT2D eigenvalue weighted by molar-refractivity contribution is -0.113. The number of nitrogens with zero attached hydrogens (tertiary/aromatic N) is 3. The molecule has 1 amide bonds. The molecule has 0 aliphatic heterocycles. The van der Waals surface area contributed by atoms with E-state index in [1.54, 1.807) is 6.07 Å². The van der Waals surface area contributed by atoms with Gasteiger partial charge in [-0.05, 0) is 55.7 Å². The zero-order chi connectivity index (χ0) is 21.7. The summed E-state index contributed by atoms with van der Waals surface area (Å²) < 4.78 is 21.2. The van der Waals surface area contributed by atoms with E-state index >= 15 is 0 Å². The molecule has 1 atom stereocenters. The van der Waals surface area contributed by atoms with Gasteiger partial charge in [0.05, 0.1) is 5.75 Å². The van der Waals surface area contributed by atoms with Crippen LogP contribution < -0.4 is 10.1 Å². The molecule has 158 valence electrons. The van der Waals surface area contributed by atoms with Crippen molar-refractivity contribution in [3.05, 3.63) is 65.2 Å². The van der Waals surface area contributed by atoms with Crippen LogP contribution in [0.4, 0.5) is 10.1 Å². The SMILES string of the molecule is CCc1ccc(O[C@H](C)c2nnc(SCC(=O)Nc3cc(F)ccc3C)n2C)cc1. The summed E-state index contributed by atoms with van der Waals surface area (Å²) in [4.78, 5) is 12.3. The van der Waals surface area contributed by atoms with E-state index in [-0.39, 0.29) is 23.6 Å². The largest absolute Gasteiger partial charge is 0.483 e. The van der Waals surface area contributed by atoms with Gasteiger partial charge in [-0.25, -0.2) is 4.39 Å². The van der Waals surface area contributed by atoms with Crippen LogP contribution in [0.1, 0.15) is 36.9 Å². The summed E-state index contributed by atoms with van der Waals surface area (Å²) >= 11 is 1.26. The van der Waals surface area contributed by atoms with Gasteiger partial charge in [0.2, 0.25) is 5.91 Å². The minimum Gasteiger partial charge on any atom is -0.483 e. The van der Waals surface area contributed by atoms with Crippen molar-refractivity contribution in [3.63, 3.8) is 0 Å². The van der Waals surface area contributed by atoms with Crippen molar-refractivity contribution in [3.8, 4) is 5.75 Å². The highest BCUT2D eigenvalue weighted by Gasteiger charge is 2.18. The van der Waals surface area contributed by atoms with Crippen molar-refractivity contribution in [2.24, 2.45) is 7.05 Å². The molecule has 0 unspecified atom stereocenters. The summed E-state index contributed by atoms with van der Waals surface area (Å²) in [5.41, 5.74) is 2.52. The van der Waals surface area contributed by atoms with Crippen LogP contribution in [0.25, 0.3) is 0 Å².